The molecule has 2 aliphatic rings. The summed E-state index contributed by atoms with van der Waals surface area (Å²) in [7, 11) is 0. The van der Waals surface area contributed by atoms with Gasteiger partial charge in [-0.25, -0.2) is 0 Å². The van der Waals surface area contributed by atoms with E-state index in [1.807, 2.05) is 0 Å². The summed E-state index contributed by atoms with van der Waals surface area (Å²) in [5.41, 5.74) is 31.3. The van der Waals surface area contributed by atoms with E-state index in [1.54, 1.807) is 12.1 Å². The Hall–Kier alpha value is -5.29. The summed E-state index contributed by atoms with van der Waals surface area (Å²) < 4.78 is 47.2. The summed E-state index contributed by atoms with van der Waals surface area (Å²) in [6, 6.07) is 10.6. The molecular formula is C56H61F3N2. The Labute approximate surface area is 362 Å². The SMILES string of the molecule is Cc1cc(N2c3c(C)c(C)c(C)c(C)c3Cc3c(C)c(C)c(C)c(C)c32)c(-c2ccccc2C(F)(F)F)c(N2c3c(C)c(C)c(C)c(C)c3Cc3c(C)c(C)c(C)c(C)c32)c1. The molecule has 0 amide bonds. The van der Waals surface area contributed by atoms with Gasteiger partial charge in [-0.15, -0.1) is 0 Å². The fourth-order valence-corrected chi connectivity index (χ4v) is 10.9. The predicted molar refractivity (Wildman–Crippen MR) is 252 cm³/mol. The molecule has 2 nitrogen and oxygen atoms in total. The van der Waals surface area contributed by atoms with Crippen molar-refractivity contribution in [3.05, 3.63) is 159 Å². The lowest BCUT2D eigenvalue weighted by Gasteiger charge is -2.43. The summed E-state index contributed by atoms with van der Waals surface area (Å²) in [5.74, 6) is 0. The number of fused-ring (bicyclic) bond motifs is 4. The lowest BCUT2D eigenvalue weighted by molar-refractivity contribution is -0.137. The van der Waals surface area contributed by atoms with Crippen LogP contribution in [0.15, 0.2) is 36.4 Å². The van der Waals surface area contributed by atoms with Gasteiger partial charge in [0.05, 0.1) is 39.7 Å². The van der Waals surface area contributed by atoms with Crippen molar-refractivity contribution >= 4 is 34.1 Å². The van der Waals surface area contributed by atoms with E-state index in [2.05, 4.69) is 140 Å². The minimum atomic E-state index is -4.60. The third-order valence-corrected chi connectivity index (χ3v) is 16.0. The van der Waals surface area contributed by atoms with Crippen LogP contribution in [-0.4, -0.2) is 0 Å². The van der Waals surface area contributed by atoms with Gasteiger partial charge in [-0.3, -0.25) is 0 Å². The third kappa shape index (κ3) is 5.96. The Morgan fingerprint density at radius 1 is 0.377 bits per heavy atom. The quantitative estimate of drug-likeness (QED) is 0.175. The predicted octanol–water partition coefficient (Wildman–Crippen LogP) is 16.4. The number of aryl methyl sites for hydroxylation is 1. The Kier molecular flexibility index (Phi) is 10.0. The zero-order chi connectivity index (χ0) is 44.6. The van der Waals surface area contributed by atoms with Crippen molar-refractivity contribution in [2.45, 2.75) is 137 Å². The van der Waals surface area contributed by atoms with E-state index in [0.717, 1.165) is 74.8 Å². The molecule has 0 radical (unpaired) electrons. The van der Waals surface area contributed by atoms with Gasteiger partial charge in [0.15, 0.2) is 0 Å². The van der Waals surface area contributed by atoms with Crippen LogP contribution in [0.3, 0.4) is 0 Å². The third-order valence-electron chi connectivity index (χ3n) is 16.0. The Bertz CT molecular complexity index is 2620. The number of hydrogen-bond donors (Lipinski definition) is 0. The molecule has 0 N–H and O–H groups in total. The summed E-state index contributed by atoms with van der Waals surface area (Å²) >= 11 is 0. The van der Waals surface area contributed by atoms with Crippen LogP contribution in [0.5, 0.6) is 0 Å². The number of halogens is 3. The molecule has 6 aromatic carbocycles. The first-order valence-electron chi connectivity index (χ1n) is 21.8. The van der Waals surface area contributed by atoms with Crippen molar-refractivity contribution in [2.75, 3.05) is 9.80 Å². The van der Waals surface area contributed by atoms with Gasteiger partial charge in [-0.2, -0.15) is 13.2 Å². The van der Waals surface area contributed by atoms with Gasteiger partial charge >= 0.3 is 6.18 Å². The first-order chi connectivity index (χ1) is 28.5. The molecule has 0 saturated heterocycles. The summed E-state index contributed by atoms with van der Waals surface area (Å²) in [6.07, 6.45) is -3.08. The van der Waals surface area contributed by atoms with E-state index in [-0.39, 0.29) is 5.56 Å². The molecule has 8 rings (SSSR count). The Balaban J connectivity index is 1.66. The van der Waals surface area contributed by atoms with E-state index in [9.17, 15) is 0 Å². The highest BCUT2D eigenvalue weighted by molar-refractivity contribution is 6.04. The number of alkyl halides is 3. The molecule has 0 aromatic heterocycles. The molecule has 6 aromatic rings. The van der Waals surface area contributed by atoms with Gasteiger partial charge in [0.25, 0.3) is 0 Å². The van der Waals surface area contributed by atoms with Crippen LogP contribution in [0.4, 0.5) is 47.3 Å². The molecule has 61 heavy (non-hydrogen) atoms. The largest absolute Gasteiger partial charge is 0.417 e. The molecule has 2 aliphatic heterocycles. The topological polar surface area (TPSA) is 6.48 Å². The average molecular weight is 819 g/mol. The number of hydrogen-bond acceptors (Lipinski definition) is 2. The lowest BCUT2D eigenvalue weighted by Crippen LogP contribution is -2.27. The van der Waals surface area contributed by atoms with Gasteiger partial charge in [0.2, 0.25) is 0 Å². The minimum Gasteiger partial charge on any atom is -0.309 e. The molecule has 5 heteroatoms. The molecule has 0 unspecified atom stereocenters. The van der Waals surface area contributed by atoms with Gasteiger partial charge in [0, 0.05) is 18.4 Å². The normalized spacial score (nSPS) is 13.4. The molecule has 0 saturated carbocycles. The second-order valence-corrected chi connectivity index (χ2v) is 18.6. The van der Waals surface area contributed by atoms with Gasteiger partial charge in [0.1, 0.15) is 0 Å². The summed E-state index contributed by atoms with van der Waals surface area (Å²) in [5, 5.41) is 0. The summed E-state index contributed by atoms with van der Waals surface area (Å²) in [6.45, 7) is 37.4. The molecule has 0 atom stereocenters. The van der Waals surface area contributed by atoms with Crippen LogP contribution in [0.25, 0.3) is 11.1 Å². The maximum atomic E-state index is 15.7. The van der Waals surface area contributed by atoms with Crippen LogP contribution in [0.2, 0.25) is 0 Å². The first-order valence-corrected chi connectivity index (χ1v) is 21.8. The fourth-order valence-electron chi connectivity index (χ4n) is 10.9. The second kappa shape index (κ2) is 14.4. The number of nitrogens with zero attached hydrogens (tertiary/aromatic N) is 2. The monoisotopic (exact) mass is 818 g/mol. The van der Waals surface area contributed by atoms with Crippen molar-refractivity contribution in [1.82, 2.24) is 0 Å². The highest BCUT2D eigenvalue weighted by atomic mass is 19.4. The van der Waals surface area contributed by atoms with E-state index in [4.69, 9.17) is 0 Å². The maximum Gasteiger partial charge on any atom is 0.417 e. The van der Waals surface area contributed by atoms with Crippen molar-refractivity contribution < 1.29 is 13.2 Å². The first kappa shape index (κ1) is 42.4. The fraction of sp³-hybridized carbons (Fsp3) is 0.357. The maximum absolute atomic E-state index is 15.7. The number of rotatable bonds is 3. The standard InChI is InChI=1S/C56H61F3N2/c1-26-22-49(60-52-39(14)31(6)27(2)35(10)44(52)24-45-36(11)28(3)32(7)40(15)53(45)60)51(43-20-18-19-21-48(43)56(57,58)59)50(23-26)61-54-41(16)33(8)29(4)37(12)46(54)25-47-38(13)30(5)34(9)42(17)55(47)61/h18-23H,24-25H2,1-17H3. The molecule has 0 fully saturated rings. The number of anilines is 6. The van der Waals surface area contributed by atoms with Crippen LogP contribution in [0, 0.1) is 118 Å². The van der Waals surface area contributed by atoms with E-state index in [1.165, 1.54) is 101 Å². The van der Waals surface area contributed by atoms with Crippen molar-refractivity contribution in [3.8, 4) is 11.1 Å². The zero-order valence-corrected chi connectivity index (χ0v) is 39.4. The smallest absolute Gasteiger partial charge is 0.309 e. The van der Waals surface area contributed by atoms with Gasteiger partial charge < -0.3 is 9.80 Å². The average Bonchev–Trinajstić information content (AvgIpc) is 3.23. The highest BCUT2D eigenvalue weighted by Gasteiger charge is 2.41. The zero-order valence-electron chi connectivity index (χ0n) is 39.4. The molecule has 0 bridgehead atoms. The number of benzene rings is 6. The Morgan fingerprint density at radius 2 is 0.656 bits per heavy atom. The molecule has 0 aliphatic carbocycles. The van der Waals surface area contributed by atoms with Crippen LogP contribution in [0.1, 0.15) is 122 Å². The van der Waals surface area contributed by atoms with Crippen LogP contribution < -0.4 is 9.80 Å². The summed E-state index contributed by atoms with van der Waals surface area (Å²) in [4.78, 5) is 4.78. The van der Waals surface area contributed by atoms with Crippen LogP contribution in [-0.2, 0) is 19.0 Å². The van der Waals surface area contributed by atoms with Crippen molar-refractivity contribution in [1.29, 1.82) is 0 Å². The van der Waals surface area contributed by atoms with Crippen molar-refractivity contribution in [3.63, 3.8) is 0 Å². The molecular weight excluding hydrogens is 758 g/mol. The molecule has 2 heterocycles. The van der Waals surface area contributed by atoms with E-state index < -0.39 is 11.7 Å². The van der Waals surface area contributed by atoms with Crippen molar-refractivity contribution in [2.24, 2.45) is 0 Å². The van der Waals surface area contributed by atoms with Gasteiger partial charge in [-0.05, 0) is 258 Å². The lowest BCUT2D eigenvalue weighted by atomic mass is 9.79. The van der Waals surface area contributed by atoms with E-state index >= 15 is 13.2 Å². The Morgan fingerprint density at radius 3 is 0.951 bits per heavy atom. The molecule has 316 valence electrons. The van der Waals surface area contributed by atoms with E-state index in [0.29, 0.717) is 5.56 Å². The molecule has 0 spiro atoms. The second-order valence-electron chi connectivity index (χ2n) is 18.6. The van der Waals surface area contributed by atoms with Crippen LogP contribution >= 0.6 is 0 Å². The van der Waals surface area contributed by atoms with Gasteiger partial charge in [-0.1, -0.05) is 18.2 Å². The highest BCUT2D eigenvalue weighted by Crippen LogP contribution is 2.59. The minimum absolute atomic E-state index is 0.176.